The molecule has 1 N–H and O–H groups in total. The van der Waals surface area contributed by atoms with Crippen molar-refractivity contribution in [2.75, 3.05) is 12.4 Å². The van der Waals surface area contributed by atoms with Gasteiger partial charge < -0.3 is 5.32 Å². The van der Waals surface area contributed by atoms with Crippen LogP contribution >= 0.6 is 0 Å². The van der Waals surface area contributed by atoms with Crippen LogP contribution in [0, 0.1) is 5.82 Å². The van der Waals surface area contributed by atoms with Crippen molar-refractivity contribution in [2.24, 2.45) is 0 Å². The summed E-state index contributed by atoms with van der Waals surface area (Å²) in [6.45, 7) is 3.56. The Kier molecular flexibility index (Phi) is 5.82. The summed E-state index contributed by atoms with van der Waals surface area (Å²) in [5, 5.41) is 2.79. The molecule has 126 valence electrons. The number of carbonyl (C=O) groups excluding carboxylic acids is 2. The Morgan fingerprint density at radius 2 is 1.88 bits per heavy atom. The molecule has 0 aromatic heterocycles. The normalized spacial score (nSPS) is 12.0. The number of halogens is 1. The second-order valence-corrected chi connectivity index (χ2v) is 5.81. The fraction of sp³-hybridized carbons (Fsp3) is 0.263. The van der Waals surface area contributed by atoms with E-state index in [2.05, 4.69) is 5.32 Å². The lowest BCUT2D eigenvalue weighted by molar-refractivity contribution is -0.120. The third kappa shape index (κ3) is 4.49. The van der Waals surface area contributed by atoms with Gasteiger partial charge in [0.1, 0.15) is 5.82 Å². The van der Waals surface area contributed by atoms with Gasteiger partial charge in [-0.05, 0) is 39.1 Å². The molecule has 2 aromatic rings. The molecule has 5 heteroatoms. The highest BCUT2D eigenvalue weighted by molar-refractivity contribution is 5.98. The minimum absolute atomic E-state index is 0.0594. The van der Waals surface area contributed by atoms with Crippen molar-refractivity contribution in [1.82, 2.24) is 4.90 Å². The molecule has 0 fully saturated rings. The van der Waals surface area contributed by atoms with Crippen molar-refractivity contribution >= 4 is 17.4 Å². The van der Waals surface area contributed by atoms with E-state index in [0.717, 1.165) is 0 Å². The topological polar surface area (TPSA) is 49.4 Å². The van der Waals surface area contributed by atoms with E-state index in [9.17, 15) is 14.0 Å². The number of hydrogen-bond acceptors (Lipinski definition) is 3. The molecule has 1 amide bonds. The standard InChI is InChI=1S/C19H21FN2O2/c1-13(22(3)12-16-7-4-5-10-18(16)20)19(24)21-17-9-6-8-15(11-17)14(2)23/h4-11,13H,12H2,1-3H3,(H,21,24)/t13-/m1/s1. The quantitative estimate of drug-likeness (QED) is 0.826. The van der Waals surface area contributed by atoms with Gasteiger partial charge in [-0.3, -0.25) is 14.5 Å². The number of benzene rings is 2. The van der Waals surface area contributed by atoms with Gasteiger partial charge in [-0.15, -0.1) is 0 Å². The Morgan fingerprint density at radius 1 is 1.17 bits per heavy atom. The number of Topliss-reactive ketones (excluding diaryl/α,β-unsaturated/α-hetero) is 1. The Balaban J connectivity index is 2.02. The van der Waals surface area contributed by atoms with Crippen LogP contribution in [0.25, 0.3) is 0 Å². The van der Waals surface area contributed by atoms with Crippen molar-refractivity contribution in [2.45, 2.75) is 26.4 Å². The molecule has 0 aliphatic rings. The van der Waals surface area contributed by atoms with E-state index in [0.29, 0.717) is 23.4 Å². The summed E-state index contributed by atoms with van der Waals surface area (Å²) in [7, 11) is 1.77. The maximum absolute atomic E-state index is 13.7. The third-order valence-corrected chi connectivity index (χ3v) is 3.95. The lowest BCUT2D eigenvalue weighted by Crippen LogP contribution is -2.39. The van der Waals surface area contributed by atoms with E-state index in [-0.39, 0.29) is 17.5 Å². The largest absolute Gasteiger partial charge is 0.325 e. The molecule has 1 atom stereocenters. The molecule has 0 heterocycles. The maximum Gasteiger partial charge on any atom is 0.241 e. The predicted molar refractivity (Wildman–Crippen MR) is 92.4 cm³/mol. The minimum atomic E-state index is -0.453. The van der Waals surface area contributed by atoms with E-state index >= 15 is 0 Å². The van der Waals surface area contributed by atoms with E-state index < -0.39 is 6.04 Å². The van der Waals surface area contributed by atoms with Crippen molar-refractivity contribution in [3.05, 3.63) is 65.5 Å². The molecule has 0 saturated carbocycles. The molecule has 4 nitrogen and oxygen atoms in total. The summed E-state index contributed by atoms with van der Waals surface area (Å²) in [6.07, 6.45) is 0. The first-order valence-corrected chi connectivity index (χ1v) is 7.74. The summed E-state index contributed by atoms with van der Waals surface area (Å²) >= 11 is 0. The van der Waals surface area contributed by atoms with Gasteiger partial charge in [0, 0.05) is 23.4 Å². The van der Waals surface area contributed by atoms with Gasteiger partial charge in [-0.1, -0.05) is 30.3 Å². The van der Waals surface area contributed by atoms with Crippen molar-refractivity contribution in [3.8, 4) is 0 Å². The van der Waals surface area contributed by atoms with Gasteiger partial charge in [0.15, 0.2) is 5.78 Å². The molecule has 0 radical (unpaired) electrons. The van der Waals surface area contributed by atoms with Crippen molar-refractivity contribution < 1.29 is 14.0 Å². The van der Waals surface area contributed by atoms with E-state index in [1.165, 1.54) is 13.0 Å². The third-order valence-electron chi connectivity index (χ3n) is 3.95. The van der Waals surface area contributed by atoms with Crippen LogP contribution in [-0.2, 0) is 11.3 Å². The summed E-state index contributed by atoms with van der Waals surface area (Å²) in [5.74, 6) is -0.559. The molecule has 24 heavy (non-hydrogen) atoms. The number of amides is 1. The predicted octanol–water partition coefficient (Wildman–Crippen LogP) is 3.49. The van der Waals surface area contributed by atoms with Crippen LogP contribution in [0.15, 0.2) is 48.5 Å². The average Bonchev–Trinajstić information content (AvgIpc) is 2.56. The highest BCUT2D eigenvalue weighted by Gasteiger charge is 2.19. The van der Waals surface area contributed by atoms with E-state index in [1.807, 2.05) is 0 Å². The van der Waals surface area contributed by atoms with Crippen LogP contribution in [0.5, 0.6) is 0 Å². The second-order valence-electron chi connectivity index (χ2n) is 5.81. The zero-order valence-corrected chi connectivity index (χ0v) is 14.0. The number of nitrogens with one attached hydrogen (secondary N) is 1. The molecule has 2 aromatic carbocycles. The molecular weight excluding hydrogens is 307 g/mol. The van der Waals surface area contributed by atoms with Crippen LogP contribution in [0.1, 0.15) is 29.8 Å². The number of rotatable bonds is 6. The molecule has 2 rings (SSSR count). The molecule has 0 aliphatic heterocycles. The lowest BCUT2D eigenvalue weighted by atomic mass is 10.1. The fourth-order valence-electron chi connectivity index (χ4n) is 2.30. The van der Waals surface area contributed by atoms with Gasteiger partial charge in [0.2, 0.25) is 5.91 Å². The molecule has 0 saturated heterocycles. The second kappa shape index (κ2) is 7.84. The Morgan fingerprint density at radius 3 is 2.54 bits per heavy atom. The lowest BCUT2D eigenvalue weighted by Gasteiger charge is -2.24. The smallest absolute Gasteiger partial charge is 0.241 e. The molecule has 0 aliphatic carbocycles. The Hall–Kier alpha value is -2.53. The number of anilines is 1. The first-order valence-electron chi connectivity index (χ1n) is 7.74. The van der Waals surface area contributed by atoms with Gasteiger partial charge in [-0.25, -0.2) is 4.39 Å². The zero-order valence-electron chi connectivity index (χ0n) is 14.0. The van der Waals surface area contributed by atoms with Crippen LogP contribution < -0.4 is 5.32 Å². The van der Waals surface area contributed by atoms with Crippen LogP contribution in [0.2, 0.25) is 0 Å². The van der Waals surface area contributed by atoms with Crippen LogP contribution in [-0.4, -0.2) is 29.7 Å². The average molecular weight is 328 g/mol. The van der Waals surface area contributed by atoms with Crippen LogP contribution in [0.4, 0.5) is 10.1 Å². The monoisotopic (exact) mass is 328 g/mol. The number of carbonyl (C=O) groups is 2. The number of likely N-dealkylation sites (N-methyl/N-ethyl adjacent to an activating group) is 1. The van der Waals surface area contributed by atoms with Gasteiger partial charge in [0.25, 0.3) is 0 Å². The molecule has 0 bridgehead atoms. The maximum atomic E-state index is 13.7. The van der Waals surface area contributed by atoms with Gasteiger partial charge in [-0.2, -0.15) is 0 Å². The molecular formula is C19H21FN2O2. The number of ketones is 1. The van der Waals surface area contributed by atoms with Crippen molar-refractivity contribution in [3.63, 3.8) is 0 Å². The minimum Gasteiger partial charge on any atom is -0.325 e. The van der Waals surface area contributed by atoms with E-state index in [4.69, 9.17) is 0 Å². The van der Waals surface area contributed by atoms with Crippen LogP contribution in [0.3, 0.4) is 0 Å². The van der Waals surface area contributed by atoms with Gasteiger partial charge >= 0.3 is 0 Å². The first kappa shape index (κ1) is 17.8. The molecule has 0 spiro atoms. The zero-order chi connectivity index (χ0) is 17.7. The number of nitrogens with zero attached hydrogens (tertiary/aromatic N) is 1. The Bertz CT molecular complexity index is 746. The van der Waals surface area contributed by atoms with Crippen molar-refractivity contribution in [1.29, 1.82) is 0 Å². The van der Waals surface area contributed by atoms with Gasteiger partial charge in [0.05, 0.1) is 6.04 Å². The highest BCUT2D eigenvalue weighted by Crippen LogP contribution is 2.14. The summed E-state index contributed by atoms with van der Waals surface area (Å²) < 4.78 is 13.7. The first-order chi connectivity index (χ1) is 11.4. The Labute approximate surface area is 141 Å². The summed E-state index contributed by atoms with van der Waals surface area (Å²) in [4.78, 5) is 25.5. The summed E-state index contributed by atoms with van der Waals surface area (Å²) in [6, 6.07) is 12.9. The highest BCUT2D eigenvalue weighted by atomic mass is 19.1. The fourth-order valence-corrected chi connectivity index (χ4v) is 2.30. The number of hydrogen-bond donors (Lipinski definition) is 1. The van der Waals surface area contributed by atoms with E-state index in [1.54, 1.807) is 61.3 Å². The summed E-state index contributed by atoms with van der Waals surface area (Å²) in [5.41, 5.74) is 1.65. The SMILES string of the molecule is CC(=O)c1cccc(NC(=O)[C@@H](C)N(C)Cc2ccccc2F)c1. The molecule has 0 unspecified atom stereocenters.